The van der Waals surface area contributed by atoms with Gasteiger partial charge in [0.25, 0.3) is 5.91 Å². The van der Waals surface area contributed by atoms with Crippen LogP contribution in [0.4, 0.5) is 5.69 Å². The van der Waals surface area contributed by atoms with Crippen molar-refractivity contribution < 1.29 is 4.79 Å². The average Bonchev–Trinajstić information content (AvgIpc) is 2.88. The number of nitrogens with one attached hydrogen (secondary N) is 1. The molecule has 118 valence electrons. The van der Waals surface area contributed by atoms with Crippen molar-refractivity contribution in [2.24, 2.45) is 0 Å². The number of pyridine rings is 1. The fourth-order valence-corrected chi connectivity index (χ4v) is 3.30. The molecule has 0 spiro atoms. The second kappa shape index (κ2) is 6.16. The number of para-hydroxylation sites is 1. The van der Waals surface area contributed by atoms with Crippen molar-refractivity contribution in [1.82, 2.24) is 9.38 Å². The third kappa shape index (κ3) is 2.88. The fraction of sp³-hybridized carbons (Fsp3) is 0.222. The van der Waals surface area contributed by atoms with Crippen molar-refractivity contribution in [1.29, 1.82) is 0 Å². The Kier molecular flexibility index (Phi) is 4.22. The van der Waals surface area contributed by atoms with E-state index in [9.17, 15) is 4.79 Å². The lowest BCUT2D eigenvalue weighted by atomic mass is 10.2. The van der Waals surface area contributed by atoms with Crippen LogP contribution in [0.5, 0.6) is 0 Å². The van der Waals surface area contributed by atoms with Crippen molar-refractivity contribution in [2.75, 3.05) is 5.32 Å². The smallest absolute Gasteiger partial charge is 0.274 e. The molecule has 2 aromatic heterocycles. The van der Waals surface area contributed by atoms with Gasteiger partial charge in [-0.15, -0.1) is 0 Å². The molecule has 0 fully saturated rings. The molecule has 1 N–H and O–H groups in total. The Labute approximate surface area is 143 Å². The zero-order valence-electron chi connectivity index (χ0n) is 13.4. The van der Waals surface area contributed by atoms with Crippen molar-refractivity contribution in [3.8, 4) is 0 Å². The molecule has 0 aliphatic rings. The largest absolute Gasteiger partial charge is 0.320 e. The molecule has 0 radical (unpaired) electrons. The summed E-state index contributed by atoms with van der Waals surface area (Å²) < 4.78 is 2.76. The Morgan fingerprint density at radius 3 is 2.74 bits per heavy atom. The van der Waals surface area contributed by atoms with Crippen LogP contribution in [0, 0.1) is 13.8 Å². The van der Waals surface area contributed by atoms with Crippen LogP contribution in [0.2, 0.25) is 0 Å². The minimum atomic E-state index is -0.138. The van der Waals surface area contributed by atoms with Crippen LogP contribution in [0.1, 0.15) is 34.2 Å². The molecule has 4 nitrogen and oxygen atoms in total. The number of aryl methyl sites for hydroxylation is 3. The molecule has 3 aromatic rings. The predicted octanol–water partition coefficient (Wildman–Crippen LogP) is 4.53. The highest BCUT2D eigenvalue weighted by molar-refractivity contribution is 9.10. The first-order chi connectivity index (χ1) is 11.0. The molecule has 1 aromatic carbocycles. The van der Waals surface area contributed by atoms with Gasteiger partial charge in [0.2, 0.25) is 0 Å². The molecule has 0 saturated carbocycles. The number of nitrogens with zero attached hydrogens (tertiary/aromatic N) is 2. The Morgan fingerprint density at radius 1 is 1.30 bits per heavy atom. The third-order valence-electron chi connectivity index (χ3n) is 3.83. The van der Waals surface area contributed by atoms with Crippen LogP contribution >= 0.6 is 15.9 Å². The summed E-state index contributed by atoms with van der Waals surface area (Å²) in [4.78, 5) is 17.5. The Hall–Kier alpha value is -2.14. The molecule has 3 rings (SSSR count). The zero-order valence-corrected chi connectivity index (χ0v) is 14.9. The second-order valence-electron chi connectivity index (χ2n) is 5.59. The number of anilines is 1. The van der Waals surface area contributed by atoms with Crippen LogP contribution in [-0.4, -0.2) is 15.3 Å². The standard InChI is InChI=1S/C18H18BrN3O/c1-4-14-16(18(23)21-15-8-6-5-7-12(15)3)22-10-11(2)9-13(19)17(22)20-14/h5-10H,4H2,1-3H3,(H,21,23). The highest BCUT2D eigenvalue weighted by atomic mass is 79.9. The van der Waals surface area contributed by atoms with E-state index in [1.807, 2.05) is 61.7 Å². The van der Waals surface area contributed by atoms with Crippen molar-refractivity contribution >= 4 is 33.2 Å². The summed E-state index contributed by atoms with van der Waals surface area (Å²) in [6, 6.07) is 9.76. The van der Waals surface area contributed by atoms with Gasteiger partial charge in [-0.05, 0) is 59.5 Å². The molecule has 0 saturated heterocycles. The van der Waals surface area contributed by atoms with Gasteiger partial charge in [-0.1, -0.05) is 25.1 Å². The van der Waals surface area contributed by atoms with E-state index in [-0.39, 0.29) is 5.91 Å². The first-order valence-corrected chi connectivity index (χ1v) is 8.34. The monoisotopic (exact) mass is 371 g/mol. The molecular formula is C18H18BrN3O. The summed E-state index contributed by atoms with van der Waals surface area (Å²) in [5.74, 6) is -0.138. The van der Waals surface area contributed by atoms with Gasteiger partial charge < -0.3 is 5.32 Å². The van der Waals surface area contributed by atoms with Crippen molar-refractivity contribution in [3.05, 3.63) is 63.5 Å². The van der Waals surface area contributed by atoms with Gasteiger partial charge in [0.1, 0.15) is 5.69 Å². The number of imidazole rings is 1. The average molecular weight is 372 g/mol. The lowest BCUT2D eigenvalue weighted by molar-refractivity contribution is 0.102. The minimum absolute atomic E-state index is 0.138. The van der Waals surface area contributed by atoms with Crippen LogP contribution in [0.3, 0.4) is 0 Å². The number of carbonyl (C=O) groups excluding carboxylic acids is 1. The number of hydrogen-bond donors (Lipinski definition) is 1. The van der Waals surface area contributed by atoms with E-state index in [0.717, 1.165) is 32.6 Å². The van der Waals surface area contributed by atoms with E-state index in [1.165, 1.54) is 0 Å². The number of hydrogen-bond acceptors (Lipinski definition) is 2. The molecule has 0 atom stereocenters. The first-order valence-electron chi connectivity index (χ1n) is 7.55. The minimum Gasteiger partial charge on any atom is -0.320 e. The second-order valence-corrected chi connectivity index (χ2v) is 6.44. The SMILES string of the molecule is CCc1nc2c(Br)cc(C)cn2c1C(=O)Nc1ccccc1C. The zero-order chi connectivity index (χ0) is 16.6. The lowest BCUT2D eigenvalue weighted by Crippen LogP contribution is -2.17. The van der Waals surface area contributed by atoms with Gasteiger partial charge in [-0.25, -0.2) is 4.98 Å². The van der Waals surface area contributed by atoms with E-state index in [4.69, 9.17) is 0 Å². The van der Waals surface area contributed by atoms with Gasteiger partial charge in [0, 0.05) is 11.9 Å². The van der Waals surface area contributed by atoms with Gasteiger partial charge in [-0.3, -0.25) is 9.20 Å². The van der Waals surface area contributed by atoms with Gasteiger partial charge in [-0.2, -0.15) is 0 Å². The maximum Gasteiger partial charge on any atom is 0.274 e. The number of fused-ring (bicyclic) bond motifs is 1. The topological polar surface area (TPSA) is 46.4 Å². The van der Waals surface area contributed by atoms with Crippen LogP contribution < -0.4 is 5.32 Å². The van der Waals surface area contributed by atoms with E-state index in [0.29, 0.717) is 12.1 Å². The highest BCUT2D eigenvalue weighted by Gasteiger charge is 2.20. The Balaban J connectivity index is 2.11. The van der Waals surface area contributed by atoms with Crippen LogP contribution in [0.25, 0.3) is 5.65 Å². The van der Waals surface area contributed by atoms with Gasteiger partial charge >= 0.3 is 0 Å². The van der Waals surface area contributed by atoms with E-state index < -0.39 is 0 Å². The quantitative estimate of drug-likeness (QED) is 0.734. The molecular weight excluding hydrogens is 354 g/mol. The Morgan fingerprint density at radius 2 is 2.04 bits per heavy atom. The van der Waals surface area contributed by atoms with Crippen LogP contribution in [0.15, 0.2) is 41.0 Å². The first kappa shape index (κ1) is 15.7. The molecule has 23 heavy (non-hydrogen) atoms. The number of benzene rings is 1. The molecule has 1 amide bonds. The molecule has 0 bridgehead atoms. The lowest BCUT2D eigenvalue weighted by Gasteiger charge is -2.09. The van der Waals surface area contributed by atoms with Crippen LogP contribution in [-0.2, 0) is 6.42 Å². The molecule has 0 aliphatic carbocycles. The number of rotatable bonds is 3. The summed E-state index contributed by atoms with van der Waals surface area (Å²) in [5, 5.41) is 3.00. The maximum atomic E-state index is 12.9. The normalized spacial score (nSPS) is 11.0. The summed E-state index contributed by atoms with van der Waals surface area (Å²) >= 11 is 3.54. The maximum absolute atomic E-state index is 12.9. The highest BCUT2D eigenvalue weighted by Crippen LogP contribution is 2.24. The molecule has 2 heterocycles. The number of aromatic nitrogens is 2. The number of halogens is 1. The summed E-state index contributed by atoms with van der Waals surface area (Å²) in [7, 11) is 0. The molecule has 5 heteroatoms. The summed E-state index contributed by atoms with van der Waals surface area (Å²) in [6.07, 6.45) is 2.64. The summed E-state index contributed by atoms with van der Waals surface area (Å²) in [6.45, 7) is 5.98. The predicted molar refractivity (Wildman–Crippen MR) is 96.1 cm³/mol. The Bertz CT molecular complexity index is 899. The number of carbonyl (C=O) groups is 1. The fourth-order valence-electron chi connectivity index (χ4n) is 2.66. The van der Waals surface area contributed by atoms with Gasteiger partial charge in [0.05, 0.1) is 10.2 Å². The van der Waals surface area contributed by atoms with Crippen molar-refractivity contribution in [2.45, 2.75) is 27.2 Å². The van der Waals surface area contributed by atoms with E-state index in [1.54, 1.807) is 0 Å². The third-order valence-corrected chi connectivity index (χ3v) is 4.41. The van der Waals surface area contributed by atoms with Gasteiger partial charge in [0.15, 0.2) is 5.65 Å². The molecule has 0 unspecified atom stereocenters. The van der Waals surface area contributed by atoms with E-state index in [2.05, 4.69) is 26.2 Å². The summed E-state index contributed by atoms with van der Waals surface area (Å²) in [5.41, 5.74) is 5.07. The van der Waals surface area contributed by atoms with E-state index >= 15 is 0 Å². The van der Waals surface area contributed by atoms with Crippen molar-refractivity contribution in [3.63, 3.8) is 0 Å². The number of amides is 1. The molecule has 0 aliphatic heterocycles.